The van der Waals surface area contributed by atoms with E-state index in [4.69, 9.17) is 23.5 Å². The first-order chi connectivity index (χ1) is 15.7. The van der Waals surface area contributed by atoms with Crippen LogP contribution in [0.25, 0.3) is 23.0 Å². The molecule has 4 heterocycles. The molecule has 2 aliphatic heterocycles. The van der Waals surface area contributed by atoms with E-state index in [0.29, 0.717) is 46.1 Å². The van der Waals surface area contributed by atoms with Gasteiger partial charge in [-0.15, -0.1) is 0 Å². The van der Waals surface area contributed by atoms with Crippen LogP contribution in [-0.2, 0) is 11.3 Å². The number of ether oxygens (including phenoxy) is 4. The summed E-state index contributed by atoms with van der Waals surface area (Å²) in [5.41, 5.74) is 1.99. The van der Waals surface area contributed by atoms with E-state index in [2.05, 4.69) is 15.5 Å². The SMILES string of the molecule is O=C(Cn1cccc1-c1nc(-c2ccc3c(c2)OCO3)no1)Nc1ccc2c(c1)OCO2. The van der Waals surface area contributed by atoms with Crippen LogP contribution in [0.15, 0.2) is 59.3 Å². The van der Waals surface area contributed by atoms with Gasteiger partial charge in [0.15, 0.2) is 23.0 Å². The average molecular weight is 432 g/mol. The van der Waals surface area contributed by atoms with Gasteiger partial charge in [0.05, 0.1) is 0 Å². The van der Waals surface area contributed by atoms with Crippen LogP contribution in [0.4, 0.5) is 5.69 Å². The maximum Gasteiger partial charge on any atom is 0.274 e. The van der Waals surface area contributed by atoms with E-state index >= 15 is 0 Å². The fourth-order valence-electron chi connectivity index (χ4n) is 3.56. The Morgan fingerprint density at radius 1 is 0.938 bits per heavy atom. The highest BCUT2D eigenvalue weighted by Crippen LogP contribution is 2.36. The zero-order valence-electron chi connectivity index (χ0n) is 16.6. The van der Waals surface area contributed by atoms with Crippen LogP contribution in [0.5, 0.6) is 23.0 Å². The molecule has 160 valence electrons. The van der Waals surface area contributed by atoms with Gasteiger partial charge in [-0.1, -0.05) is 5.16 Å². The smallest absolute Gasteiger partial charge is 0.274 e. The number of rotatable bonds is 5. The van der Waals surface area contributed by atoms with Crippen LogP contribution in [0, 0.1) is 0 Å². The summed E-state index contributed by atoms with van der Waals surface area (Å²) in [5, 5.41) is 6.92. The van der Waals surface area contributed by atoms with Gasteiger partial charge in [0.1, 0.15) is 12.2 Å². The molecule has 0 spiro atoms. The fraction of sp³-hybridized carbons (Fsp3) is 0.136. The van der Waals surface area contributed by atoms with Gasteiger partial charge >= 0.3 is 0 Å². The number of carbonyl (C=O) groups excluding carboxylic acids is 1. The molecule has 2 aliphatic rings. The van der Waals surface area contributed by atoms with Gasteiger partial charge in [0, 0.05) is 23.5 Å². The molecular formula is C22H16N4O6. The van der Waals surface area contributed by atoms with Crippen molar-refractivity contribution in [3.05, 3.63) is 54.7 Å². The number of carbonyl (C=O) groups is 1. The molecule has 6 rings (SSSR count). The van der Waals surface area contributed by atoms with Crippen molar-refractivity contribution in [1.29, 1.82) is 0 Å². The van der Waals surface area contributed by atoms with Crippen molar-refractivity contribution in [3.63, 3.8) is 0 Å². The van der Waals surface area contributed by atoms with E-state index < -0.39 is 0 Å². The van der Waals surface area contributed by atoms with Crippen LogP contribution < -0.4 is 24.3 Å². The van der Waals surface area contributed by atoms with Crippen LogP contribution in [0.1, 0.15) is 0 Å². The second-order valence-electron chi connectivity index (χ2n) is 7.13. The molecule has 0 atom stereocenters. The molecule has 0 bridgehead atoms. The minimum Gasteiger partial charge on any atom is -0.454 e. The Kier molecular flexibility index (Phi) is 4.20. The number of nitrogens with zero attached hydrogens (tertiary/aromatic N) is 3. The van der Waals surface area contributed by atoms with Crippen molar-refractivity contribution in [3.8, 4) is 46.0 Å². The lowest BCUT2D eigenvalue weighted by molar-refractivity contribution is -0.116. The van der Waals surface area contributed by atoms with Gasteiger partial charge in [-0.25, -0.2) is 0 Å². The Labute approximate surface area is 181 Å². The lowest BCUT2D eigenvalue weighted by atomic mass is 10.2. The monoisotopic (exact) mass is 432 g/mol. The Morgan fingerprint density at radius 3 is 2.53 bits per heavy atom. The summed E-state index contributed by atoms with van der Waals surface area (Å²) < 4.78 is 28.6. The molecule has 1 N–H and O–H groups in total. The highest BCUT2D eigenvalue weighted by Gasteiger charge is 2.19. The summed E-state index contributed by atoms with van der Waals surface area (Å²) in [5.74, 6) is 3.08. The number of anilines is 1. The summed E-state index contributed by atoms with van der Waals surface area (Å²) in [7, 11) is 0. The number of hydrogen-bond acceptors (Lipinski definition) is 8. The third-order valence-corrected chi connectivity index (χ3v) is 5.08. The topological polar surface area (TPSA) is 110 Å². The molecule has 2 aromatic carbocycles. The maximum atomic E-state index is 12.6. The second-order valence-corrected chi connectivity index (χ2v) is 7.13. The number of hydrogen-bond donors (Lipinski definition) is 1. The number of benzene rings is 2. The molecule has 4 aromatic rings. The largest absolute Gasteiger partial charge is 0.454 e. The zero-order valence-corrected chi connectivity index (χ0v) is 16.6. The Balaban J connectivity index is 1.19. The first kappa shape index (κ1) is 18.3. The Hall–Kier alpha value is -4.47. The highest BCUT2D eigenvalue weighted by atomic mass is 16.7. The lowest BCUT2D eigenvalue weighted by Crippen LogP contribution is -2.18. The summed E-state index contributed by atoms with van der Waals surface area (Å²) in [4.78, 5) is 17.1. The number of nitrogens with one attached hydrogen (secondary N) is 1. The standard InChI is InChI=1S/C22H16N4O6/c27-20(23-14-4-6-17-19(9-14)31-12-29-17)10-26-7-1-2-15(26)22-24-21(25-32-22)13-3-5-16-18(8-13)30-11-28-16/h1-9H,10-12H2,(H,23,27). The summed E-state index contributed by atoms with van der Waals surface area (Å²) in [6.07, 6.45) is 1.78. The van der Waals surface area contributed by atoms with Crippen LogP contribution in [0.3, 0.4) is 0 Å². The first-order valence-corrected chi connectivity index (χ1v) is 9.82. The molecule has 0 saturated heterocycles. The van der Waals surface area contributed by atoms with Crippen molar-refractivity contribution >= 4 is 11.6 Å². The Morgan fingerprint density at radius 2 is 1.69 bits per heavy atom. The quantitative estimate of drug-likeness (QED) is 0.512. The predicted octanol–water partition coefficient (Wildman–Crippen LogP) is 3.30. The molecule has 10 nitrogen and oxygen atoms in total. The highest BCUT2D eigenvalue weighted by molar-refractivity contribution is 5.91. The lowest BCUT2D eigenvalue weighted by Gasteiger charge is -2.08. The van der Waals surface area contributed by atoms with E-state index in [9.17, 15) is 4.79 Å². The van der Waals surface area contributed by atoms with E-state index in [1.807, 2.05) is 18.2 Å². The van der Waals surface area contributed by atoms with E-state index in [0.717, 1.165) is 5.56 Å². The van der Waals surface area contributed by atoms with E-state index in [1.54, 1.807) is 41.1 Å². The van der Waals surface area contributed by atoms with Gasteiger partial charge in [-0.3, -0.25) is 4.79 Å². The van der Waals surface area contributed by atoms with Gasteiger partial charge in [0.2, 0.25) is 25.3 Å². The Bertz CT molecular complexity index is 1330. The third kappa shape index (κ3) is 3.27. The van der Waals surface area contributed by atoms with Crippen LogP contribution in [-0.4, -0.2) is 34.2 Å². The third-order valence-electron chi connectivity index (χ3n) is 5.08. The summed E-state index contributed by atoms with van der Waals surface area (Å²) in [6, 6.07) is 14.3. The summed E-state index contributed by atoms with van der Waals surface area (Å²) in [6.45, 7) is 0.439. The van der Waals surface area contributed by atoms with Crippen LogP contribution in [0.2, 0.25) is 0 Å². The summed E-state index contributed by atoms with van der Waals surface area (Å²) >= 11 is 0. The van der Waals surface area contributed by atoms with Crippen LogP contribution >= 0.6 is 0 Å². The minimum atomic E-state index is -0.211. The first-order valence-electron chi connectivity index (χ1n) is 9.82. The average Bonchev–Trinajstić information content (AvgIpc) is 3.58. The number of amides is 1. The van der Waals surface area contributed by atoms with Gasteiger partial charge in [0.25, 0.3) is 5.89 Å². The van der Waals surface area contributed by atoms with E-state index in [1.165, 1.54) is 0 Å². The number of fused-ring (bicyclic) bond motifs is 2. The van der Waals surface area contributed by atoms with Gasteiger partial charge in [-0.05, 0) is 42.5 Å². The second kappa shape index (κ2) is 7.34. The van der Waals surface area contributed by atoms with Crippen molar-refractivity contribution < 1.29 is 28.3 Å². The maximum absolute atomic E-state index is 12.6. The predicted molar refractivity (Wildman–Crippen MR) is 110 cm³/mol. The fourth-order valence-corrected chi connectivity index (χ4v) is 3.56. The number of aromatic nitrogens is 3. The zero-order chi connectivity index (χ0) is 21.5. The van der Waals surface area contributed by atoms with Crippen molar-refractivity contribution in [2.45, 2.75) is 6.54 Å². The van der Waals surface area contributed by atoms with Crippen molar-refractivity contribution in [2.75, 3.05) is 18.9 Å². The molecule has 10 heteroatoms. The molecule has 0 unspecified atom stereocenters. The molecule has 1 amide bonds. The van der Waals surface area contributed by atoms with Gasteiger partial charge in [-0.2, -0.15) is 4.98 Å². The molecule has 0 radical (unpaired) electrons. The molecule has 0 aliphatic carbocycles. The minimum absolute atomic E-state index is 0.0680. The molecule has 32 heavy (non-hydrogen) atoms. The molecule has 2 aromatic heterocycles. The molecular weight excluding hydrogens is 416 g/mol. The molecule has 0 fully saturated rings. The molecule has 0 saturated carbocycles. The van der Waals surface area contributed by atoms with E-state index in [-0.39, 0.29) is 26.0 Å². The van der Waals surface area contributed by atoms with Crippen molar-refractivity contribution in [1.82, 2.24) is 14.7 Å². The normalized spacial score (nSPS) is 13.4. The van der Waals surface area contributed by atoms with Crippen molar-refractivity contribution in [2.24, 2.45) is 0 Å². The van der Waals surface area contributed by atoms with Gasteiger partial charge < -0.3 is 33.4 Å².